The number of rotatable bonds is 1. The molecule has 0 aliphatic rings. The molecule has 2 nitrogen and oxygen atoms in total. The largest absolute Gasteiger partial charge is 0.307 e. The van der Waals surface area contributed by atoms with E-state index in [4.69, 9.17) is 0 Å². The molecule has 2 heteroatoms. The molecule has 0 unspecified atom stereocenters. The summed E-state index contributed by atoms with van der Waals surface area (Å²) in [5, 5.41) is 0. The molecule has 2 heterocycles. The Hall–Kier alpha value is -1.31. The molecule has 0 bridgehead atoms. The molecule has 0 atom stereocenters. The van der Waals surface area contributed by atoms with Crippen LogP contribution in [0, 0.1) is 0 Å². The van der Waals surface area contributed by atoms with Crippen LogP contribution in [0.15, 0.2) is 30.7 Å². The lowest BCUT2D eigenvalue weighted by Crippen LogP contribution is -1.86. The molecule has 0 spiro atoms. The predicted molar refractivity (Wildman–Crippen MR) is 76.5 cm³/mol. The summed E-state index contributed by atoms with van der Waals surface area (Å²) in [7, 11) is 0. The molecule has 0 amide bonds. The zero-order valence-corrected chi connectivity index (χ0v) is 11.9. The van der Waals surface area contributed by atoms with Gasteiger partial charge in [-0.1, -0.05) is 53.5 Å². The molecule has 0 fully saturated rings. The smallest absolute Gasteiger partial charge is 0.136 e. The van der Waals surface area contributed by atoms with Crippen molar-refractivity contribution in [2.45, 2.75) is 53.9 Å². The van der Waals surface area contributed by atoms with Gasteiger partial charge in [0.1, 0.15) is 5.65 Å². The molecule has 2 aromatic heterocycles. The van der Waals surface area contributed by atoms with E-state index in [0.29, 0.717) is 0 Å². The third-order valence-corrected chi connectivity index (χ3v) is 1.86. The summed E-state index contributed by atoms with van der Waals surface area (Å²) < 4.78 is 2.04. The Kier molecular flexibility index (Phi) is 9.12. The van der Waals surface area contributed by atoms with Crippen LogP contribution in [-0.4, -0.2) is 9.38 Å². The van der Waals surface area contributed by atoms with Gasteiger partial charge < -0.3 is 4.40 Å². The van der Waals surface area contributed by atoms with Crippen molar-refractivity contribution in [3.8, 4) is 0 Å². The van der Waals surface area contributed by atoms with Gasteiger partial charge in [0.2, 0.25) is 0 Å². The molecule has 2 rings (SSSR count). The Balaban J connectivity index is 0.000000366. The molecular weight excluding hydrogens is 208 g/mol. The summed E-state index contributed by atoms with van der Waals surface area (Å²) in [6.45, 7) is 10.7. The SMILES string of the molecule is CCC.CCC.CCc1ccc2nccn2c1. The zero-order chi connectivity index (χ0) is 13.1. The fraction of sp³-hybridized carbons (Fsp3) is 0.533. The average molecular weight is 234 g/mol. The van der Waals surface area contributed by atoms with Crippen molar-refractivity contribution in [1.82, 2.24) is 9.38 Å². The van der Waals surface area contributed by atoms with Gasteiger partial charge in [-0.2, -0.15) is 0 Å². The van der Waals surface area contributed by atoms with E-state index in [9.17, 15) is 0 Å². The van der Waals surface area contributed by atoms with E-state index in [2.05, 4.69) is 51.9 Å². The second kappa shape index (κ2) is 9.88. The number of aryl methyl sites for hydroxylation is 1. The van der Waals surface area contributed by atoms with E-state index < -0.39 is 0 Å². The number of nitrogens with zero attached hydrogens (tertiary/aromatic N) is 2. The normalized spacial score (nSPS) is 9.00. The summed E-state index contributed by atoms with van der Waals surface area (Å²) in [4.78, 5) is 4.16. The van der Waals surface area contributed by atoms with E-state index in [-0.39, 0.29) is 0 Å². The van der Waals surface area contributed by atoms with Gasteiger partial charge in [0.15, 0.2) is 0 Å². The molecule has 96 valence electrons. The molecule has 0 N–H and O–H groups in total. The van der Waals surface area contributed by atoms with Crippen LogP contribution in [0.4, 0.5) is 0 Å². The van der Waals surface area contributed by atoms with Crippen LogP contribution in [0.1, 0.15) is 53.0 Å². The van der Waals surface area contributed by atoms with Crippen molar-refractivity contribution in [3.63, 3.8) is 0 Å². The summed E-state index contributed by atoms with van der Waals surface area (Å²) >= 11 is 0. The van der Waals surface area contributed by atoms with E-state index in [0.717, 1.165) is 12.1 Å². The summed E-state index contributed by atoms with van der Waals surface area (Å²) in [5.41, 5.74) is 2.36. The fourth-order valence-electron chi connectivity index (χ4n) is 1.18. The number of aromatic nitrogens is 2. The summed E-state index contributed by atoms with van der Waals surface area (Å²) in [6, 6.07) is 4.15. The van der Waals surface area contributed by atoms with Crippen LogP contribution in [0.3, 0.4) is 0 Å². The highest BCUT2D eigenvalue weighted by Gasteiger charge is 1.92. The van der Waals surface area contributed by atoms with E-state index in [1.54, 1.807) is 0 Å². The van der Waals surface area contributed by atoms with Gasteiger partial charge in [0.25, 0.3) is 0 Å². The Morgan fingerprint density at radius 1 is 1.00 bits per heavy atom. The molecule has 0 aliphatic heterocycles. The molecule has 0 saturated heterocycles. The van der Waals surface area contributed by atoms with Gasteiger partial charge in [0, 0.05) is 18.6 Å². The minimum absolute atomic E-state index is 1.02. The van der Waals surface area contributed by atoms with Crippen LogP contribution in [0.25, 0.3) is 5.65 Å². The standard InChI is InChI=1S/C9H10N2.2C3H8/c1-2-8-3-4-9-10-5-6-11(9)7-8;2*1-3-2/h3-7H,2H2,1H3;2*3H2,1-2H3. The number of hydrogen-bond acceptors (Lipinski definition) is 1. The highest BCUT2D eigenvalue weighted by Crippen LogP contribution is 2.04. The van der Waals surface area contributed by atoms with Gasteiger partial charge >= 0.3 is 0 Å². The molecule has 0 radical (unpaired) electrons. The molecule has 0 aromatic carbocycles. The third-order valence-electron chi connectivity index (χ3n) is 1.86. The van der Waals surface area contributed by atoms with Crippen molar-refractivity contribution in [2.24, 2.45) is 0 Å². The molecule has 0 saturated carbocycles. The molecule has 2 aromatic rings. The van der Waals surface area contributed by atoms with E-state index in [1.165, 1.54) is 18.4 Å². The Labute approximate surface area is 106 Å². The zero-order valence-electron chi connectivity index (χ0n) is 11.9. The van der Waals surface area contributed by atoms with Gasteiger partial charge in [-0.15, -0.1) is 0 Å². The van der Waals surface area contributed by atoms with Crippen LogP contribution in [0.2, 0.25) is 0 Å². The third kappa shape index (κ3) is 6.10. The Bertz CT molecular complexity index is 388. The number of fused-ring (bicyclic) bond motifs is 1. The van der Waals surface area contributed by atoms with Crippen molar-refractivity contribution in [2.75, 3.05) is 0 Å². The minimum atomic E-state index is 1.02. The Morgan fingerprint density at radius 2 is 1.59 bits per heavy atom. The number of pyridine rings is 1. The highest BCUT2D eigenvalue weighted by atomic mass is 15.0. The first-order valence-electron chi connectivity index (χ1n) is 6.64. The fourth-order valence-corrected chi connectivity index (χ4v) is 1.18. The van der Waals surface area contributed by atoms with Gasteiger partial charge in [-0.3, -0.25) is 0 Å². The maximum absolute atomic E-state index is 4.16. The van der Waals surface area contributed by atoms with Crippen LogP contribution >= 0.6 is 0 Å². The van der Waals surface area contributed by atoms with Gasteiger partial charge in [-0.05, 0) is 18.1 Å². The Morgan fingerprint density at radius 3 is 2.12 bits per heavy atom. The maximum atomic E-state index is 4.16. The second-order valence-corrected chi connectivity index (χ2v) is 4.00. The lowest BCUT2D eigenvalue weighted by Gasteiger charge is -1.96. The monoisotopic (exact) mass is 234 g/mol. The molecule has 17 heavy (non-hydrogen) atoms. The lowest BCUT2D eigenvalue weighted by atomic mass is 10.2. The quantitative estimate of drug-likeness (QED) is 0.697. The highest BCUT2D eigenvalue weighted by molar-refractivity contribution is 5.39. The second-order valence-electron chi connectivity index (χ2n) is 4.00. The average Bonchev–Trinajstić information content (AvgIpc) is 2.77. The van der Waals surface area contributed by atoms with Crippen molar-refractivity contribution >= 4 is 5.65 Å². The van der Waals surface area contributed by atoms with Crippen LogP contribution in [-0.2, 0) is 6.42 Å². The number of hydrogen-bond donors (Lipinski definition) is 0. The summed E-state index contributed by atoms with van der Waals surface area (Å²) in [6.07, 6.45) is 9.47. The van der Waals surface area contributed by atoms with E-state index >= 15 is 0 Å². The summed E-state index contributed by atoms with van der Waals surface area (Å²) in [5.74, 6) is 0. The van der Waals surface area contributed by atoms with Crippen LogP contribution in [0.5, 0.6) is 0 Å². The van der Waals surface area contributed by atoms with Crippen molar-refractivity contribution in [3.05, 3.63) is 36.3 Å². The topological polar surface area (TPSA) is 17.3 Å². The first-order valence-corrected chi connectivity index (χ1v) is 6.64. The van der Waals surface area contributed by atoms with Gasteiger partial charge in [0.05, 0.1) is 0 Å². The maximum Gasteiger partial charge on any atom is 0.136 e. The lowest BCUT2D eigenvalue weighted by molar-refractivity contribution is 1.07. The first kappa shape index (κ1) is 15.7. The van der Waals surface area contributed by atoms with E-state index in [1.807, 2.05) is 22.9 Å². The molecular formula is C15H26N2. The van der Waals surface area contributed by atoms with Crippen LogP contribution < -0.4 is 0 Å². The minimum Gasteiger partial charge on any atom is -0.307 e. The van der Waals surface area contributed by atoms with Gasteiger partial charge in [-0.25, -0.2) is 4.98 Å². The first-order chi connectivity index (χ1) is 8.23. The van der Waals surface area contributed by atoms with Crippen molar-refractivity contribution < 1.29 is 0 Å². The predicted octanol–water partition coefficient (Wildman–Crippen LogP) is 4.73. The van der Waals surface area contributed by atoms with Crippen molar-refractivity contribution in [1.29, 1.82) is 0 Å². The molecule has 0 aliphatic carbocycles. The number of imidazole rings is 1.